The Morgan fingerprint density at radius 2 is 2.21 bits per heavy atom. The molecule has 0 saturated carbocycles. The third-order valence-electron chi connectivity index (χ3n) is 3.14. The molecule has 2 rings (SSSR count). The number of aryl methyl sites for hydroxylation is 1. The standard InChI is InChI=1S/C12H16N4O3/c1-12(2,10(17)18)4-3-6-16-11(19)15-7-5-13-8-9(15)14-16/h5,7-8H,3-4,6H2,1-2H3,(H,17,18). The predicted octanol–water partition coefficient (Wildman–Crippen LogP) is 0.782. The first-order chi connectivity index (χ1) is 8.92. The largest absolute Gasteiger partial charge is 0.481 e. The summed E-state index contributed by atoms with van der Waals surface area (Å²) in [6, 6.07) is 0. The zero-order valence-electron chi connectivity index (χ0n) is 10.9. The number of hydrogen-bond donors (Lipinski definition) is 1. The van der Waals surface area contributed by atoms with Gasteiger partial charge in [-0.15, -0.1) is 5.10 Å². The minimum absolute atomic E-state index is 0.231. The second-order valence-electron chi connectivity index (χ2n) is 5.10. The molecule has 7 heteroatoms. The van der Waals surface area contributed by atoms with Crippen molar-refractivity contribution in [2.75, 3.05) is 0 Å². The second-order valence-corrected chi connectivity index (χ2v) is 5.10. The molecule has 1 N–H and O–H groups in total. The highest BCUT2D eigenvalue weighted by Crippen LogP contribution is 2.22. The first-order valence-corrected chi connectivity index (χ1v) is 6.04. The average molecular weight is 264 g/mol. The molecule has 0 bridgehead atoms. The highest BCUT2D eigenvalue weighted by atomic mass is 16.4. The molecule has 0 atom stereocenters. The normalized spacial score (nSPS) is 11.9. The number of aromatic nitrogens is 4. The summed E-state index contributed by atoms with van der Waals surface area (Å²) >= 11 is 0. The lowest BCUT2D eigenvalue weighted by atomic mass is 9.88. The van der Waals surface area contributed by atoms with Crippen molar-refractivity contribution in [2.45, 2.75) is 33.2 Å². The van der Waals surface area contributed by atoms with Crippen LogP contribution in [0.1, 0.15) is 26.7 Å². The Bertz CT molecular complexity index is 656. The zero-order valence-corrected chi connectivity index (χ0v) is 10.9. The van der Waals surface area contributed by atoms with E-state index in [1.54, 1.807) is 20.0 Å². The fraction of sp³-hybridized carbons (Fsp3) is 0.500. The monoisotopic (exact) mass is 264 g/mol. The highest BCUT2D eigenvalue weighted by molar-refractivity contribution is 5.73. The topological polar surface area (TPSA) is 89.5 Å². The SMILES string of the molecule is CC(C)(CCCn1nc2cnccn2c1=O)C(=O)O. The molecule has 19 heavy (non-hydrogen) atoms. The third kappa shape index (κ3) is 2.64. The molecule has 0 saturated heterocycles. The van der Waals surface area contributed by atoms with Crippen molar-refractivity contribution >= 4 is 11.6 Å². The van der Waals surface area contributed by atoms with Gasteiger partial charge in [-0.05, 0) is 26.7 Å². The van der Waals surface area contributed by atoms with Gasteiger partial charge in [0.05, 0.1) is 11.6 Å². The number of carbonyl (C=O) groups is 1. The van der Waals surface area contributed by atoms with E-state index in [0.717, 1.165) is 0 Å². The van der Waals surface area contributed by atoms with Crippen molar-refractivity contribution in [3.63, 3.8) is 0 Å². The van der Waals surface area contributed by atoms with Crippen LogP contribution in [0, 0.1) is 5.41 Å². The molecule has 2 aromatic rings. The van der Waals surface area contributed by atoms with E-state index in [9.17, 15) is 9.59 Å². The van der Waals surface area contributed by atoms with Gasteiger partial charge < -0.3 is 5.11 Å². The quantitative estimate of drug-likeness (QED) is 0.862. The zero-order chi connectivity index (χ0) is 14.0. The number of fused-ring (bicyclic) bond motifs is 1. The van der Waals surface area contributed by atoms with Crippen molar-refractivity contribution in [2.24, 2.45) is 5.41 Å². The lowest BCUT2D eigenvalue weighted by Crippen LogP contribution is -2.26. The summed E-state index contributed by atoms with van der Waals surface area (Å²) < 4.78 is 2.75. The molecule has 0 aliphatic heterocycles. The Morgan fingerprint density at radius 3 is 2.84 bits per heavy atom. The molecule has 7 nitrogen and oxygen atoms in total. The van der Waals surface area contributed by atoms with Crippen LogP contribution in [0.3, 0.4) is 0 Å². The van der Waals surface area contributed by atoms with Crippen LogP contribution in [-0.4, -0.2) is 30.2 Å². The van der Waals surface area contributed by atoms with E-state index < -0.39 is 11.4 Å². The maximum atomic E-state index is 11.9. The van der Waals surface area contributed by atoms with Gasteiger partial charge in [0, 0.05) is 18.9 Å². The Hall–Kier alpha value is -2.18. The van der Waals surface area contributed by atoms with E-state index in [1.165, 1.54) is 21.5 Å². The van der Waals surface area contributed by atoms with Crippen LogP contribution in [0.5, 0.6) is 0 Å². The summed E-state index contributed by atoms with van der Waals surface area (Å²) in [4.78, 5) is 26.8. The number of nitrogens with zero attached hydrogens (tertiary/aromatic N) is 4. The molecule has 0 unspecified atom stereocenters. The predicted molar refractivity (Wildman–Crippen MR) is 67.9 cm³/mol. The number of aliphatic carboxylic acids is 1. The number of carboxylic acid groups (broad SMARTS) is 1. The van der Waals surface area contributed by atoms with Crippen molar-refractivity contribution in [3.05, 3.63) is 29.1 Å². The summed E-state index contributed by atoms with van der Waals surface area (Å²) in [6.45, 7) is 3.74. The Balaban J connectivity index is 2.09. The van der Waals surface area contributed by atoms with Crippen LogP contribution in [0.15, 0.2) is 23.4 Å². The number of hydrogen-bond acceptors (Lipinski definition) is 4. The molecule has 0 radical (unpaired) electrons. The van der Waals surface area contributed by atoms with Crippen LogP contribution in [0.4, 0.5) is 0 Å². The van der Waals surface area contributed by atoms with E-state index in [1.807, 2.05) is 0 Å². The molecular formula is C12H16N4O3. The fourth-order valence-electron chi connectivity index (χ4n) is 1.80. The van der Waals surface area contributed by atoms with Crippen molar-refractivity contribution < 1.29 is 9.90 Å². The lowest BCUT2D eigenvalue weighted by molar-refractivity contribution is -0.147. The summed E-state index contributed by atoms with van der Waals surface area (Å²) in [5, 5.41) is 13.1. The van der Waals surface area contributed by atoms with Gasteiger partial charge in [0.15, 0.2) is 5.65 Å². The van der Waals surface area contributed by atoms with E-state index in [-0.39, 0.29) is 5.69 Å². The summed E-state index contributed by atoms with van der Waals surface area (Å²) in [7, 11) is 0. The fourth-order valence-corrected chi connectivity index (χ4v) is 1.80. The average Bonchev–Trinajstić information content (AvgIpc) is 2.67. The molecule has 0 aliphatic rings. The lowest BCUT2D eigenvalue weighted by Gasteiger charge is -2.18. The molecule has 0 aromatic carbocycles. The van der Waals surface area contributed by atoms with Gasteiger partial charge in [0.25, 0.3) is 0 Å². The van der Waals surface area contributed by atoms with Gasteiger partial charge in [-0.2, -0.15) is 0 Å². The molecule has 0 amide bonds. The molecule has 0 spiro atoms. The van der Waals surface area contributed by atoms with Crippen molar-refractivity contribution in [3.8, 4) is 0 Å². The Kier molecular flexibility index (Phi) is 3.37. The maximum absolute atomic E-state index is 11.9. The first kappa shape index (κ1) is 13.3. The Labute approximate surface area is 109 Å². The van der Waals surface area contributed by atoms with E-state index in [0.29, 0.717) is 25.0 Å². The number of rotatable bonds is 5. The van der Waals surface area contributed by atoms with E-state index >= 15 is 0 Å². The van der Waals surface area contributed by atoms with Gasteiger partial charge in [-0.3, -0.25) is 9.78 Å². The summed E-state index contributed by atoms with van der Waals surface area (Å²) in [6.07, 6.45) is 5.66. The third-order valence-corrected chi connectivity index (χ3v) is 3.14. The van der Waals surface area contributed by atoms with E-state index in [2.05, 4.69) is 10.1 Å². The molecule has 2 heterocycles. The van der Waals surface area contributed by atoms with Crippen LogP contribution < -0.4 is 5.69 Å². The van der Waals surface area contributed by atoms with Crippen LogP contribution >= 0.6 is 0 Å². The first-order valence-electron chi connectivity index (χ1n) is 6.04. The summed E-state index contributed by atoms with van der Waals surface area (Å²) in [5.74, 6) is -0.834. The van der Waals surface area contributed by atoms with Gasteiger partial charge in [-0.1, -0.05) is 0 Å². The molecule has 0 aliphatic carbocycles. The minimum Gasteiger partial charge on any atom is -0.481 e. The minimum atomic E-state index is -0.834. The van der Waals surface area contributed by atoms with Gasteiger partial charge in [0.2, 0.25) is 0 Å². The van der Waals surface area contributed by atoms with Gasteiger partial charge in [-0.25, -0.2) is 13.9 Å². The van der Waals surface area contributed by atoms with Crippen LogP contribution in [0.2, 0.25) is 0 Å². The molecule has 102 valence electrons. The summed E-state index contributed by atoms with van der Waals surface area (Å²) in [5.41, 5.74) is -0.528. The van der Waals surface area contributed by atoms with Gasteiger partial charge >= 0.3 is 11.7 Å². The van der Waals surface area contributed by atoms with Crippen LogP contribution in [0.25, 0.3) is 5.65 Å². The smallest absolute Gasteiger partial charge is 0.350 e. The molecule has 0 fully saturated rings. The highest BCUT2D eigenvalue weighted by Gasteiger charge is 2.26. The molecular weight excluding hydrogens is 248 g/mol. The Morgan fingerprint density at radius 1 is 1.47 bits per heavy atom. The van der Waals surface area contributed by atoms with Crippen LogP contribution in [-0.2, 0) is 11.3 Å². The van der Waals surface area contributed by atoms with Crippen molar-refractivity contribution in [1.29, 1.82) is 0 Å². The number of carboxylic acids is 1. The maximum Gasteiger partial charge on any atom is 0.350 e. The van der Waals surface area contributed by atoms with Gasteiger partial charge in [0.1, 0.15) is 0 Å². The molecule has 2 aromatic heterocycles. The van der Waals surface area contributed by atoms with E-state index in [4.69, 9.17) is 5.11 Å². The second kappa shape index (κ2) is 4.83. The van der Waals surface area contributed by atoms with Crippen molar-refractivity contribution in [1.82, 2.24) is 19.2 Å².